The van der Waals surface area contributed by atoms with E-state index in [4.69, 9.17) is 0 Å². The fourth-order valence-electron chi connectivity index (χ4n) is 4.27. The van der Waals surface area contributed by atoms with Crippen LogP contribution in [-0.2, 0) is 4.79 Å². The third-order valence-electron chi connectivity index (χ3n) is 5.53. The standard InChI is InChI=1S/C16H30N4O.C2H6/c1-14(21)17-11-15-9-16(10-15)12-20(13-16)8-7-19-5-3-18(2)4-6-19;1-2/h15H,3-13H2,1-2H3,(H,17,21);1-2H3. The number of nitrogens with one attached hydrogen (secondary N) is 1. The zero-order valence-electron chi connectivity index (χ0n) is 15.6. The molecule has 0 radical (unpaired) electrons. The van der Waals surface area contributed by atoms with E-state index < -0.39 is 0 Å². The van der Waals surface area contributed by atoms with Gasteiger partial charge in [-0.15, -0.1) is 0 Å². The molecule has 2 heterocycles. The average Bonchev–Trinajstić information content (AvgIpc) is 2.47. The Morgan fingerprint density at radius 1 is 1.04 bits per heavy atom. The van der Waals surface area contributed by atoms with Gasteiger partial charge < -0.3 is 15.1 Å². The van der Waals surface area contributed by atoms with Gasteiger partial charge in [-0.3, -0.25) is 9.69 Å². The van der Waals surface area contributed by atoms with Crippen molar-refractivity contribution in [2.75, 3.05) is 66.0 Å². The van der Waals surface area contributed by atoms with Crippen LogP contribution in [0.1, 0.15) is 33.6 Å². The molecular weight excluding hydrogens is 288 g/mol. The Labute approximate surface area is 142 Å². The van der Waals surface area contributed by atoms with Gasteiger partial charge in [0, 0.05) is 65.8 Å². The molecule has 1 N–H and O–H groups in total. The summed E-state index contributed by atoms with van der Waals surface area (Å²) in [6.45, 7) is 16.4. The molecule has 0 bridgehead atoms. The first-order valence-electron chi connectivity index (χ1n) is 9.42. The quantitative estimate of drug-likeness (QED) is 0.822. The number of carbonyl (C=O) groups is 1. The Morgan fingerprint density at radius 3 is 2.17 bits per heavy atom. The predicted octanol–water partition coefficient (Wildman–Crippen LogP) is 1.11. The molecule has 5 nitrogen and oxygen atoms in total. The molecule has 2 aliphatic heterocycles. The van der Waals surface area contributed by atoms with Crippen LogP contribution in [0.3, 0.4) is 0 Å². The first-order chi connectivity index (χ1) is 11.0. The van der Waals surface area contributed by atoms with Gasteiger partial charge in [0.2, 0.25) is 5.91 Å². The lowest BCUT2D eigenvalue weighted by molar-refractivity contribution is -0.121. The van der Waals surface area contributed by atoms with Gasteiger partial charge in [0.15, 0.2) is 0 Å². The maximum Gasteiger partial charge on any atom is 0.216 e. The highest BCUT2D eigenvalue weighted by atomic mass is 16.1. The van der Waals surface area contributed by atoms with Crippen molar-refractivity contribution in [2.45, 2.75) is 33.6 Å². The van der Waals surface area contributed by atoms with Gasteiger partial charge in [0.1, 0.15) is 0 Å². The van der Waals surface area contributed by atoms with Gasteiger partial charge in [-0.1, -0.05) is 13.8 Å². The van der Waals surface area contributed by atoms with Gasteiger partial charge in [0.25, 0.3) is 0 Å². The summed E-state index contributed by atoms with van der Waals surface area (Å²) in [6, 6.07) is 0. The summed E-state index contributed by atoms with van der Waals surface area (Å²) in [7, 11) is 2.21. The van der Waals surface area contributed by atoms with Gasteiger partial charge >= 0.3 is 0 Å². The topological polar surface area (TPSA) is 38.8 Å². The second-order valence-electron chi connectivity index (χ2n) is 7.57. The number of likely N-dealkylation sites (tertiary alicyclic amines) is 1. The lowest BCUT2D eigenvalue weighted by Crippen LogP contribution is -2.64. The minimum Gasteiger partial charge on any atom is -0.356 e. The van der Waals surface area contributed by atoms with Gasteiger partial charge in [-0.2, -0.15) is 0 Å². The van der Waals surface area contributed by atoms with Crippen LogP contribution in [0.15, 0.2) is 0 Å². The molecule has 0 aromatic heterocycles. The fraction of sp³-hybridized carbons (Fsp3) is 0.944. The Hall–Kier alpha value is -0.650. The average molecular weight is 325 g/mol. The van der Waals surface area contributed by atoms with Gasteiger partial charge in [0.05, 0.1) is 0 Å². The molecule has 1 spiro atoms. The van der Waals surface area contributed by atoms with E-state index in [0.29, 0.717) is 5.41 Å². The molecular formula is C18H36N4O. The summed E-state index contributed by atoms with van der Waals surface area (Å²) in [5.74, 6) is 0.840. The number of hydrogen-bond donors (Lipinski definition) is 1. The molecule has 5 heteroatoms. The van der Waals surface area contributed by atoms with Crippen molar-refractivity contribution in [1.82, 2.24) is 20.0 Å². The van der Waals surface area contributed by atoms with E-state index in [2.05, 4.69) is 27.1 Å². The molecule has 0 atom stereocenters. The highest BCUT2D eigenvalue weighted by molar-refractivity contribution is 5.72. The zero-order chi connectivity index (χ0) is 16.9. The summed E-state index contributed by atoms with van der Waals surface area (Å²) in [6.07, 6.45) is 2.64. The Kier molecular flexibility index (Phi) is 6.86. The number of amides is 1. The normalized spacial score (nSPS) is 25.2. The van der Waals surface area contributed by atoms with Crippen molar-refractivity contribution in [3.05, 3.63) is 0 Å². The first-order valence-corrected chi connectivity index (χ1v) is 9.42. The van der Waals surface area contributed by atoms with E-state index >= 15 is 0 Å². The second kappa shape index (κ2) is 8.45. The molecule has 0 unspecified atom stereocenters. The van der Waals surface area contributed by atoms with Crippen molar-refractivity contribution in [1.29, 1.82) is 0 Å². The van der Waals surface area contributed by atoms with Crippen molar-refractivity contribution in [3.8, 4) is 0 Å². The summed E-state index contributed by atoms with van der Waals surface area (Å²) in [5.41, 5.74) is 0.616. The SMILES string of the molecule is CC.CC(=O)NCC1CC2(C1)CN(CCN1CCN(C)CC1)C2. The number of hydrogen-bond acceptors (Lipinski definition) is 4. The molecule has 1 amide bonds. The van der Waals surface area contributed by atoms with Crippen molar-refractivity contribution in [3.63, 3.8) is 0 Å². The largest absolute Gasteiger partial charge is 0.356 e. The smallest absolute Gasteiger partial charge is 0.216 e. The minimum absolute atomic E-state index is 0.110. The molecule has 1 aliphatic carbocycles. The van der Waals surface area contributed by atoms with Crippen LogP contribution in [0.2, 0.25) is 0 Å². The Balaban J connectivity index is 0.000000924. The number of likely N-dealkylation sites (N-methyl/N-ethyl adjacent to an activating group) is 1. The molecule has 134 valence electrons. The van der Waals surface area contributed by atoms with Crippen LogP contribution in [0.25, 0.3) is 0 Å². The minimum atomic E-state index is 0.110. The van der Waals surface area contributed by atoms with Crippen molar-refractivity contribution >= 4 is 5.91 Å². The lowest BCUT2D eigenvalue weighted by atomic mass is 9.57. The molecule has 1 saturated carbocycles. The van der Waals surface area contributed by atoms with E-state index in [-0.39, 0.29) is 5.91 Å². The molecule has 23 heavy (non-hydrogen) atoms. The van der Waals surface area contributed by atoms with E-state index in [1.807, 2.05) is 13.8 Å². The molecule has 3 aliphatic rings. The molecule has 0 aromatic rings. The van der Waals surface area contributed by atoms with Crippen LogP contribution in [-0.4, -0.2) is 86.6 Å². The van der Waals surface area contributed by atoms with E-state index in [1.165, 1.54) is 65.2 Å². The van der Waals surface area contributed by atoms with Gasteiger partial charge in [-0.05, 0) is 31.2 Å². The number of rotatable bonds is 5. The van der Waals surface area contributed by atoms with Crippen LogP contribution < -0.4 is 5.32 Å². The Morgan fingerprint density at radius 2 is 1.61 bits per heavy atom. The lowest BCUT2D eigenvalue weighted by Gasteiger charge is -2.59. The predicted molar refractivity (Wildman–Crippen MR) is 95.6 cm³/mol. The number of piperazine rings is 1. The van der Waals surface area contributed by atoms with Gasteiger partial charge in [-0.25, -0.2) is 0 Å². The van der Waals surface area contributed by atoms with E-state index in [0.717, 1.165) is 12.5 Å². The van der Waals surface area contributed by atoms with E-state index in [1.54, 1.807) is 6.92 Å². The van der Waals surface area contributed by atoms with Crippen LogP contribution in [0, 0.1) is 11.3 Å². The summed E-state index contributed by atoms with van der Waals surface area (Å²) in [5, 5.41) is 2.95. The summed E-state index contributed by atoms with van der Waals surface area (Å²) in [4.78, 5) is 18.5. The third-order valence-corrected chi connectivity index (χ3v) is 5.53. The van der Waals surface area contributed by atoms with E-state index in [9.17, 15) is 4.79 Å². The zero-order valence-corrected chi connectivity index (χ0v) is 15.6. The summed E-state index contributed by atoms with van der Waals surface area (Å²) < 4.78 is 0. The van der Waals surface area contributed by atoms with Crippen LogP contribution >= 0.6 is 0 Å². The van der Waals surface area contributed by atoms with Crippen molar-refractivity contribution in [2.24, 2.45) is 11.3 Å². The Bertz CT molecular complexity index is 365. The molecule has 0 aromatic carbocycles. The first kappa shape index (κ1) is 18.7. The van der Waals surface area contributed by atoms with Crippen molar-refractivity contribution < 1.29 is 4.79 Å². The number of carbonyl (C=O) groups excluding carboxylic acids is 1. The summed E-state index contributed by atoms with van der Waals surface area (Å²) >= 11 is 0. The maximum atomic E-state index is 10.9. The molecule has 3 fully saturated rings. The highest BCUT2D eigenvalue weighted by Gasteiger charge is 2.51. The monoisotopic (exact) mass is 324 g/mol. The maximum absolute atomic E-state index is 10.9. The molecule has 3 rings (SSSR count). The van der Waals surface area contributed by atoms with Crippen LogP contribution in [0.4, 0.5) is 0 Å². The number of nitrogens with zero attached hydrogens (tertiary/aromatic N) is 3. The van der Waals surface area contributed by atoms with Crippen LogP contribution in [0.5, 0.6) is 0 Å². The molecule has 2 saturated heterocycles. The fourth-order valence-corrected chi connectivity index (χ4v) is 4.27. The third kappa shape index (κ3) is 5.16. The second-order valence-corrected chi connectivity index (χ2v) is 7.57. The highest BCUT2D eigenvalue weighted by Crippen LogP contribution is 2.51.